The van der Waals surface area contributed by atoms with Crippen molar-refractivity contribution in [2.24, 2.45) is 11.8 Å². The van der Waals surface area contributed by atoms with Gasteiger partial charge in [-0.3, -0.25) is 4.79 Å². The van der Waals surface area contributed by atoms with Crippen LogP contribution in [0.5, 0.6) is 0 Å². The highest BCUT2D eigenvalue weighted by atomic mass is 16.4. The summed E-state index contributed by atoms with van der Waals surface area (Å²) in [6, 6.07) is 0. The topological polar surface area (TPSA) is 37.3 Å². The fourth-order valence-electron chi connectivity index (χ4n) is 1.97. The molecule has 1 aliphatic carbocycles. The smallest absolute Gasteiger partial charge is 0.303 e. The molecule has 0 saturated heterocycles. The van der Waals surface area contributed by atoms with Crippen molar-refractivity contribution in [3.05, 3.63) is 0 Å². The summed E-state index contributed by atoms with van der Waals surface area (Å²) in [4.78, 5) is 10.4. The number of hydrogen-bond acceptors (Lipinski definition) is 1. The lowest BCUT2D eigenvalue weighted by molar-refractivity contribution is -0.137. The number of aliphatic carboxylic acids is 1. The SMILES string of the molecule is CCCCCC[C@@H]1C[C@@H]1CC(=O)O. The fraction of sp³-hybridized carbons (Fsp3) is 0.909. The summed E-state index contributed by atoms with van der Waals surface area (Å²) in [6.07, 6.45) is 8.07. The van der Waals surface area contributed by atoms with E-state index in [-0.39, 0.29) is 0 Å². The van der Waals surface area contributed by atoms with Gasteiger partial charge in [-0.25, -0.2) is 0 Å². The van der Waals surface area contributed by atoms with E-state index < -0.39 is 5.97 Å². The number of rotatable bonds is 7. The van der Waals surface area contributed by atoms with Crippen LogP contribution >= 0.6 is 0 Å². The van der Waals surface area contributed by atoms with Crippen LogP contribution in [0, 0.1) is 11.8 Å². The Balaban J connectivity index is 1.92. The standard InChI is InChI=1S/C11H20O2/c1-2-3-4-5-6-9-7-10(9)8-11(12)13/h9-10H,2-8H2,1H3,(H,12,13)/t9-,10-/m1/s1. The second-order valence-electron chi connectivity index (χ2n) is 4.20. The molecule has 0 aromatic rings. The van der Waals surface area contributed by atoms with E-state index in [1.54, 1.807) is 0 Å². The zero-order chi connectivity index (χ0) is 9.68. The van der Waals surface area contributed by atoms with Crippen molar-refractivity contribution >= 4 is 5.97 Å². The number of carboxylic acids is 1. The van der Waals surface area contributed by atoms with Crippen molar-refractivity contribution in [1.29, 1.82) is 0 Å². The maximum Gasteiger partial charge on any atom is 0.303 e. The second-order valence-corrected chi connectivity index (χ2v) is 4.20. The van der Waals surface area contributed by atoms with Crippen LogP contribution in [0.2, 0.25) is 0 Å². The van der Waals surface area contributed by atoms with E-state index in [4.69, 9.17) is 5.11 Å². The molecule has 0 unspecified atom stereocenters. The van der Waals surface area contributed by atoms with Crippen molar-refractivity contribution in [3.8, 4) is 0 Å². The Labute approximate surface area is 80.3 Å². The van der Waals surface area contributed by atoms with Gasteiger partial charge < -0.3 is 5.11 Å². The monoisotopic (exact) mass is 184 g/mol. The summed E-state index contributed by atoms with van der Waals surface area (Å²) in [7, 11) is 0. The highest BCUT2D eigenvalue weighted by Gasteiger charge is 2.37. The van der Waals surface area contributed by atoms with E-state index in [1.807, 2.05) is 0 Å². The van der Waals surface area contributed by atoms with E-state index in [0.717, 1.165) is 5.92 Å². The van der Waals surface area contributed by atoms with Gasteiger partial charge in [0.05, 0.1) is 0 Å². The second kappa shape index (κ2) is 5.25. The summed E-state index contributed by atoms with van der Waals surface area (Å²) in [6.45, 7) is 2.21. The fourth-order valence-corrected chi connectivity index (χ4v) is 1.97. The van der Waals surface area contributed by atoms with Crippen LogP contribution in [0.15, 0.2) is 0 Å². The lowest BCUT2D eigenvalue weighted by atomic mass is 10.1. The Morgan fingerprint density at radius 3 is 2.69 bits per heavy atom. The molecule has 0 radical (unpaired) electrons. The summed E-state index contributed by atoms with van der Waals surface area (Å²) in [5, 5.41) is 8.55. The Morgan fingerprint density at radius 1 is 1.31 bits per heavy atom. The van der Waals surface area contributed by atoms with Crippen molar-refractivity contribution in [2.45, 2.75) is 51.9 Å². The first-order chi connectivity index (χ1) is 6.24. The molecule has 0 heterocycles. The normalized spacial score (nSPS) is 25.9. The van der Waals surface area contributed by atoms with E-state index in [1.165, 1.54) is 38.5 Å². The van der Waals surface area contributed by atoms with E-state index in [0.29, 0.717) is 12.3 Å². The third-order valence-electron chi connectivity index (χ3n) is 2.93. The molecule has 1 rings (SSSR count). The molecule has 2 atom stereocenters. The van der Waals surface area contributed by atoms with Crippen molar-refractivity contribution in [1.82, 2.24) is 0 Å². The van der Waals surface area contributed by atoms with Crippen LogP contribution in [-0.2, 0) is 4.79 Å². The van der Waals surface area contributed by atoms with Crippen LogP contribution in [0.25, 0.3) is 0 Å². The zero-order valence-electron chi connectivity index (χ0n) is 8.46. The third kappa shape index (κ3) is 4.30. The molecule has 1 aliphatic rings. The van der Waals surface area contributed by atoms with Crippen molar-refractivity contribution in [3.63, 3.8) is 0 Å². The maximum absolute atomic E-state index is 10.4. The van der Waals surface area contributed by atoms with Gasteiger partial charge in [-0.05, 0) is 18.3 Å². The molecule has 13 heavy (non-hydrogen) atoms. The van der Waals surface area contributed by atoms with Crippen molar-refractivity contribution < 1.29 is 9.90 Å². The molecule has 2 heteroatoms. The molecule has 0 spiro atoms. The van der Waals surface area contributed by atoms with Gasteiger partial charge >= 0.3 is 5.97 Å². The van der Waals surface area contributed by atoms with Crippen LogP contribution < -0.4 is 0 Å². The van der Waals surface area contributed by atoms with Gasteiger partial charge in [0, 0.05) is 6.42 Å². The molecule has 76 valence electrons. The summed E-state index contributed by atoms with van der Waals surface area (Å²) in [5.74, 6) is 0.633. The van der Waals surface area contributed by atoms with Gasteiger partial charge in [-0.1, -0.05) is 39.0 Å². The molecule has 0 aliphatic heterocycles. The predicted octanol–water partition coefficient (Wildman–Crippen LogP) is 3.07. The summed E-state index contributed by atoms with van der Waals surface area (Å²) in [5.41, 5.74) is 0. The van der Waals surface area contributed by atoms with Gasteiger partial charge in [0.15, 0.2) is 0 Å². The number of hydrogen-bond donors (Lipinski definition) is 1. The molecule has 0 aromatic carbocycles. The predicted molar refractivity (Wildman–Crippen MR) is 52.6 cm³/mol. The highest BCUT2D eigenvalue weighted by molar-refractivity contribution is 5.67. The molecular weight excluding hydrogens is 164 g/mol. The lowest BCUT2D eigenvalue weighted by Gasteiger charge is -1.98. The molecule has 1 saturated carbocycles. The minimum atomic E-state index is -0.624. The van der Waals surface area contributed by atoms with E-state index in [2.05, 4.69) is 6.92 Å². The van der Waals surface area contributed by atoms with Gasteiger partial charge in [0.2, 0.25) is 0 Å². The molecule has 1 fully saturated rings. The van der Waals surface area contributed by atoms with Crippen LogP contribution in [0.1, 0.15) is 51.9 Å². The van der Waals surface area contributed by atoms with E-state index >= 15 is 0 Å². The summed E-state index contributed by atoms with van der Waals surface area (Å²) >= 11 is 0. The van der Waals surface area contributed by atoms with Crippen LogP contribution in [0.4, 0.5) is 0 Å². The van der Waals surface area contributed by atoms with Crippen LogP contribution in [-0.4, -0.2) is 11.1 Å². The number of unbranched alkanes of at least 4 members (excludes halogenated alkanes) is 3. The Hall–Kier alpha value is -0.530. The number of carbonyl (C=O) groups is 1. The minimum absolute atomic E-state index is 0.401. The quantitative estimate of drug-likeness (QED) is 0.617. The van der Waals surface area contributed by atoms with Gasteiger partial charge in [0.25, 0.3) is 0 Å². The third-order valence-corrected chi connectivity index (χ3v) is 2.93. The summed E-state index contributed by atoms with van der Waals surface area (Å²) < 4.78 is 0. The first-order valence-corrected chi connectivity index (χ1v) is 5.45. The highest BCUT2D eigenvalue weighted by Crippen LogP contribution is 2.44. The maximum atomic E-state index is 10.4. The average Bonchev–Trinajstić information content (AvgIpc) is 2.76. The Bertz CT molecular complexity index is 165. The lowest BCUT2D eigenvalue weighted by Crippen LogP contribution is -1.96. The molecular formula is C11H20O2. The van der Waals surface area contributed by atoms with Crippen molar-refractivity contribution in [2.75, 3.05) is 0 Å². The molecule has 1 N–H and O–H groups in total. The molecule has 0 aromatic heterocycles. The van der Waals surface area contributed by atoms with Gasteiger partial charge in [-0.2, -0.15) is 0 Å². The molecule has 2 nitrogen and oxygen atoms in total. The van der Waals surface area contributed by atoms with E-state index in [9.17, 15) is 4.79 Å². The molecule has 0 bridgehead atoms. The molecule has 0 amide bonds. The Kier molecular flexibility index (Phi) is 4.26. The first-order valence-electron chi connectivity index (χ1n) is 5.45. The Morgan fingerprint density at radius 2 is 2.08 bits per heavy atom. The van der Waals surface area contributed by atoms with Gasteiger partial charge in [0.1, 0.15) is 0 Å². The first kappa shape index (κ1) is 10.6. The van der Waals surface area contributed by atoms with Gasteiger partial charge in [-0.15, -0.1) is 0 Å². The minimum Gasteiger partial charge on any atom is -0.481 e. The largest absolute Gasteiger partial charge is 0.481 e. The zero-order valence-corrected chi connectivity index (χ0v) is 8.46. The number of carboxylic acid groups (broad SMARTS) is 1. The average molecular weight is 184 g/mol. The van der Waals surface area contributed by atoms with Crippen LogP contribution in [0.3, 0.4) is 0 Å².